The first-order chi connectivity index (χ1) is 41.8. The molecule has 0 atom stereocenters. The number of carbonyl (C=O) groups excluding carboxylic acids is 4. The van der Waals surface area contributed by atoms with Gasteiger partial charge >= 0.3 is 36.1 Å². The number of hydrogen-bond acceptors (Lipinski definition) is 12. The van der Waals surface area contributed by atoms with E-state index in [1.807, 2.05) is 0 Å². The van der Waals surface area contributed by atoms with Gasteiger partial charge in [0.1, 0.15) is 0 Å². The molecule has 0 spiro atoms. The van der Waals surface area contributed by atoms with Crippen molar-refractivity contribution in [2.75, 3.05) is 46.3 Å². The van der Waals surface area contributed by atoms with Crippen LogP contribution in [0.1, 0.15) is 84.5 Å². The van der Waals surface area contributed by atoms with E-state index in [0.717, 1.165) is 70.8 Å². The molecule has 0 heterocycles. The molecule has 0 aromatic carbocycles. The summed E-state index contributed by atoms with van der Waals surface area (Å²) in [6, 6.07) is 0. The van der Waals surface area contributed by atoms with E-state index < -0.39 is 12.2 Å². The van der Waals surface area contributed by atoms with Gasteiger partial charge in [-0.2, -0.15) is 9.98 Å². The number of nitrogens with zero attached hydrogens (tertiary/aromatic N) is 2. The zero-order valence-electron chi connectivity index (χ0n) is 47.7. The molecule has 3 rings (SSSR count). The van der Waals surface area contributed by atoms with Gasteiger partial charge in [0.2, 0.25) is 12.2 Å². The van der Waals surface area contributed by atoms with Crippen LogP contribution >= 0.6 is 0 Å². The number of aliphatic imine (C=N–C) groups is 2. The van der Waals surface area contributed by atoms with Gasteiger partial charge < -0.3 is 28.8 Å². The van der Waals surface area contributed by atoms with E-state index in [0.29, 0.717) is 43.5 Å². The first-order valence-corrected chi connectivity index (χ1v) is 26.2. The van der Waals surface area contributed by atoms with Crippen LogP contribution in [0.2, 0.25) is 0 Å². The molecule has 436 valence electrons. The third-order valence-electron chi connectivity index (χ3n) is 11.3. The fraction of sp³-hybridized carbons (Fsp3) is 0.361. The van der Waals surface area contributed by atoms with Crippen LogP contribution in [0.15, 0.2) is 256 Å². The van der Waals surface area contributed by atoms with Gasteiger partial charge in [0, 0.05) is 98.3 Å². The van der Waals surface area contributed by atoms with Crippen molar-refractivity contribution in [2.24, 2.45) is 45.5 Å². The van der Waals surface area contributed by atoms with Crippen LogP contribution in [0.5, 0.6) is 0 Å². The number of alkyl carbamates (subject to hydrolysis) is 2. The molecule has 0 unspecified atom stereocenters. The summed E-state index contributed by atoms with van der Waals surface area (Å²) in [5.74, 6) is 2.44. The zero-order valence-corrected chi connectivity index (χ0v) is 51.7. The zero-order chi connectivity index (χ0) is 61.6. The van der Waals surface area contributed by atoms with E-state index in [1.165, 1.54) is 43.8 Å². The Morgan fingerprint density at radius 1 is 0.402 bits per heavy atom. The first kappa shape index (κ1) is 78.0. The Morgan fingerprint density at radius 3 is 0.862 bits per heavy atom. The number of rotatable bonds is 18. The number of carbonyl (C=O) groups is 2. The summed E-state index contributed by atoms with van der Waals surface area (Å²) >= 11 is 0. The number of isocyanates is 2. The second-order valence-electron chi connectivity index (χ2n) is 17.1. The van der Waals surface area contributed by atoms with Crippen LogP contribution in [0.25, 0.3) is 0 Å². The molecule has 14 nitrogen and oxygen atoms in total. The van der Waals surface area contributed by atoms with Crippen molar-refractivity contribution < 1.29 is 48.0 Å². The van der Waals surface area contributed by atoms with E-state index in [-0.39, 0.29) is 68.9 Å². The molecular formula is C72H64N4O10Sn. The maximum absolute atomic E-state index is 12.7. The monoisotopic (exact) mass is 1260 g/mol. The molecule has 87 heavy (non-hydrogen) atoms. The van der Waals surface area contributed by atoms with Crippen LogP contribution in [0, 0.1) is 35.5 Å². The van der Waals surface area contributed by atoms with Gasteiger partial charge in [-0.25, -0.2) is 19.2 Å². The van der Waals surface area contributed by atoms with Gasteiger partial charge in [0.15, 0.2) is 12.5 Å². The Balaban J connectivity index is 0. The molecule has 3 fully saturated rings. The third-order valence-corrected chi connectivity index (χ3v) is 11.3. The van der Waals surface area contributed by atoms with E-state index >= 15 is 0 Å². The van der Waals surface area contributed by atoms with E-state index in [4.69, 9.17) is 28.8 Å². The average molecular weight is 1260 g/mol. The molecule has 3 aliphatic rings. The second-order valence-corrected chi connectivity index (χ2v) is 17.1. The summed E-state index contributed by atoms with van der Waals surface area (Å²) in [4.78, 5) is 49.6. The molecule has 0 aromatic rings. The Bertz CT molecular complexity index is 3790. The van der Waals surface area contributed by atoms with Crippen molar-refractivity contribution in [3.8, 4) is 0 Å². The standard InChI is InChI=1S/C58H38N2O6.C10H18O2.C3H2N2O2.CH4.Sn.2H/c1-4-7-8-9-10-11-12-13-14-15-16-17-18-19-20-21-22-23-24-25-26-27-28-29-30-31-32-33-34-35-36-37-38-39-56(59-57(61)65-50-54-44-40-52(41-45-54)48-63-5-2)60-58(62)66-51-55-46-42-53(43-47-55)49-64-6-3;1-2-12-8-10-5-3-9(7-11)4-6-10;6-2-4-1-5-3-7;;;;/h5-6,52-55H,1-3,40-51H2,(H,59,61)(H,60,62);2,9-11H,1,3-8H2;1H2;1H4;;;. The van der Waals surface area contributed by atoms with Crippen LogP contribution in [-0.4, -0.2) is 99.7 Å². The number of aliphatic hydroxyl groups excluding tert-OH is 1. The summed E-state index contributed by atoms with van der Waals surface area (Å²) in [7, 11) is 0. The van der Waals surface area contributed by atoms with Crippen molar-refractivity contribution in [2.45, 2.75) is 84.5 Å². The van der Waals surface area contributed by atoms with Crippen LogP contribution in [0.3, 0.4) is 0 Å². The first-order valence-electron chi connectivity index (χ1n) is 26.2. The average Bonchev–Trinajstić information content (AvgIpc) is 3.70. The van der Waals surface area contributed by atoms with Gasteiger partial charge in [-0.1, -0.05) is 32.9 Å². The summed E-state index contributed by atoms with van der Waals surface area (Å²) in [5.41, 5.74) is 85.1. The minimum absolute atomic E-state index is 0. The normalized spacial score (nSPS) is 15.3. The topological polar surface area (TPSA) is 183 Å². The SMILES string of the molecule is C.C=C=C=C=C=C=C=C=C=C=C=C=C=C=C=C=C=C=C=C=C=C=C=C=C=C=C=C=C=C=C=C=C=C=C=C(NC(=O)OCC1CCC(COC=C)CC1)NC(=O)OCC1CCC(COC=C)CC1.C=COCC1CCC(CO)CC1.O=C=NCN=C=O.[SnH2]. The Hall–Kier alpha value is -11.1. The van der Waals surface area contributed by atoms with Crippen LogP contribution in [0.4, 0.5) is 9.59 Å². The van der Waals surface area contributed by atoms with Crippen molar-refractivity contribution in [3.05, 3.63) is 246 Å². The third kappa shape index (κ3) is 49.3. The minimum atomic E-state index is -0.764. The molecule has 2 radical (unpaired) electrons. The molecular weight excluding hydrogens is 1200 g/mol. The van der Waals surface area contributed by atoms with Gasteiger partial charge in [0.25, 0.3) is 0 Å². The van der Waals surface area contributed by atoms with E-state index in [9.17, 15) is 19.2 Å². The summed E-state index contributed by atoms with van der Waals surface area (Å²) in [5, 5.41) is 13.9. The maximum atomic E-state index is 12.7. The summed E-state index contributed by atoms with van der Waals surface area (Å²) < 4.78 is 26.7. The van der Waals surface area contributed by atoms with Gasteiger partial charge in [-0.3, -0.25) is 10.6 Å². The Kier molecular flexibility index (Phi) is 53.4. The molecule has 15 heteroatoms. The Labute approximate surface area is 525 Å². The van der Waals surface area contributed by atoms with Gasteiger partial charge in [-0.15, -0.1) is 0 Å². The predicted octanol–water partition coefficient (Wildman–Crippen LogP) is 11.4. The van der Waals surface area contributed by atoms with Crippen molar-refractivity contribution in [1.82, 2.24) is 10.6 Å². The summed E-state index contributed by atoms with van der Waals surface area (Å²) in [6.45, 7) is 16.7. The van der Waals surface area contributed by atoms with Crippen molar-refractivity contribution in [3.63, 3.8) is 0 Å². The Morgan fingerprint density at radius 2 is 0.632 bits per heavy atom. The number of aliphatic hydroxyl groups is 1. The number of ether oxygens (including phenoxy) is 5. The molecule has 0 saturated heterocycles. The van der Waals surface area contributed by atoms with Crippen molar-refractivity contribution >= 4 is 48.3 Å². The quantitative estimate of drug-likeness (QED) is 0.0392. The fourth-order valence-electron chi connectivity index (χ4n) is 7.25. The molecule has 3 N–H and O–H groups in total. The van der Waals surface area contributed by atoms with Crippen LogP contribution < -0.4 is 10.6 Å². The molecule has 2 amide bonds. The van der Waals surface area contributed by atoms with Gasteiger partial charge in [-0.05, 0) is 217 Å². The van der Waals surface area contributed by atoms with E-state index in [1.54, 1.807) is 0 Å². The second kappa shape index (κ2) is 59.6. The van der Waals surface area contributed by atoms with Crippen LogP contribution in [-0.2, 0) is 33.3 Å². The number of nitrogens with one attached hydrogen (secondary N) is 2. The molecule has 0 aromatic heterocycles. The van der Waals surface area contributed by atoms with E-state index in [2.05, 4.69) is 242 Å². The number of amides is 2. The fourth-order valence-corrected chi connectivity index (χ4v) is 7.25. The summed E-state index contributed by atoms with van der Waals surface area (Å²) in [6.07, 6.45) is 17.5. The van der Waals surface area contributed by atoms with Crippen molar-refractivity contribution in [1.29, 1.82) is 0 Å². The molecule has 0 aliphatic heterocycles. The predicted molar refractivity (Wildman–Crippen MR) is 326 cm³/mol. The number of hydrogen-bond donors (Lipinski definition) is 3. The molecule has 3 aliphatic carbocycles. The van der Waals surface area contributed by atoms with Gasteiger partial charge in [0.05, 0.1) is 51.8 Å². The molecule has 0 bridgehead atoms. The molecule has 3 saturated carbocycles.